The molecule has 1 N–H and O–H groups in total. The molecular formula is C14H18N2OS. The minimum atomic E-state index is 0.175. The molecule has 3 nitrogen and oxygen atoms in total. The summed E-state index contributed by atoms with van der Waals surface area (Å²) in [5.74, 6) is 0.590. The molecule has 0 amide bonds. The zero-order valence-corrected chi connectivity index (χ0v) is 11.4. The number of piperidine rings is 1. The molecule has 1 saturated heterocycles. The van der Waals surface area contributed by atoms with Gasteiger partial charge in [-0.1, -0.05) is 23.7 Å². The van der Waals surface area contributed by atoms with Gasteiger partial charge in [-0.25, -0.2) is 0 Å². The second-order valence-electron chi connectivity index (χ2n) is 5.21. The molecule has 2 aromatic rings. The number of rotatable bonds is 2. The minimum absolute atomic E-state index is 0.175. The van der Waals surface area contributed by atoms with Gasteiger partial charge in [0.05, 0.1) is 10.1 Å². The van der Waals surface area contributed by atoms with E-state index < -0.39 is 0 Å². The predicted molar refractivity (Wildman–Crippen MR) is 76.3 cm³/mol. The van der Waals surface area contributed by atoms with Crippen LogP contribution in [0.4, 0.5) is 0 Å². The second-order valence-corrected chi connectivity index (χ2v) is 6.27. The van der Waals surface area contributed by atoms with Crippen LogP contribution in [0.2, 0.25) is 0 Å². The third-order valence-electron chi connectivity index (χ3n) is 3.74. The molecule has 2 heterocycles. The van der Waals surface area contributed by atoms with Gasteiger partial charge in [-0.2, -0.15) is 0 Å². The van der Waals surface area contributed by atoms with Gasteiger partial charge in [-0.05, 0) is 44.4 Å². The summed E-state index contributed by atoms with van der Waals surface area (Å²) < 4.78 is 3.02. The molecule has 96 valence electrons. The van der Waals surface area contributed by atoms with E-state index in [1.165, 1.54) is 12.8 Å². The Bertz CT molecular complexity index is 593. The first-order valence-corrected chi connectivity index (χ1v) is 7.33. The third kappa shape index (κ3) is 2.22. The van der Waals surface area contributed by atoms with Crippen molar-refractivity contribution in [3.05, 3.63) is 34.6 Å². The molecule has 1 fully saturated rings. The standard InChI is InChI=1S/C14H18N2OS/c1-10-6-7-11(8-15-10)9-16-14(17)12-4-2-3-5-13(12)18-16/h2-5,10-11,15H,6-9H2,1H3. The summed E-state index contributed by atoms with van der Waals surface area (Å²) in [6.07, 6.45) is 2.43. The Morgan fingerprint density at radius 1 is 1.39 bits per heavy atom. The summed E-state index contributed by atoms with van der Waals surface area (Å²) in [6.45, 7) is 4.11. The van der Waals surface area contributed by atoms with E-state index >= 15 is 0 Å². The van der Waals surface area contributed by atoms with Crippen LogP contribution in [0.25, 0.3) is 10.1 Å². The molecule has 1 aliphatic heterocycles. The van der Waals surface area contributed by atoms with E-state index in [-0.39, 0.29) is 5.56 Å². The van der Waals surface area contributed by atoms with Gasteiger partial charge in [-0.15, -0.1) is 0 Å². The maximum atomic E-state index is 12.2. The fraction of sp³-hybridized carbons (Fsp3) is 0.500. The molecule has 0 radical (unpaired) electrons. The fourth-order valence-electron chi connectivity index (χ4n) is 2.59. The van der Waals surface area contributed by atoms with Crippen molar-refractivity contribution < 1.29 is 0 Å². The Balaban J connectivity index is 1.82. The quantitative estimate of drug-likeness (QED) is 0.902. The highest BCUT2D eigenvalue weighted by Gasteiger charge is 2.19. The predicted octanol–water partition coefficient (Wildman–Crippen LogP) is 2.45. The van der Waals surface area contributed by atoms with Crippen LogP contribution in [0.1, 0.15) is 19.8 Å². The molecule has 2 atom stereocenters. The van der Waals surface area contributed by atoms with Gasteiger partial charge in [0, 0.05) is 12.6 Å². The van der Waals surface area contributed by atoms with E-state index in [1.807, 2.05) is 28.2 Å². The van der Waals surface area contributed by atoms with Gasteiger partial charge in [0.2, 0.25) is 0 Å². The Morgan fingerprint density at radius 2 is 2.22 bits per heavy atom. The molecule has 0 saturated carbocycles. The Morgan fingerprint density at radius 3 is 2.94 bits per heavy atom. The third-order valence-corrected chi connectivity index (χ3v) is 4.83. The zero-order chi connectivity index (χ0) is 12.5. The normalized spacial score (nSPS) is 24.5. The van der Waals surface area contributed by atoms with Crippen LogP contribution in [-0.2, 0) is 6.54 Å². The van der Waals surface area contributed by atoms with E-state index in [0.717, 1.165) is 23.2 Å². The summed E-state index contributed by atoms with van der Waals surface area (Å²) in [5.41, 5.74) is 0.175. The molecule has 0 bridgehead atoms. The average Bonchev–Trinajstić information content (AvgIpc) is 2.70. The largest absolute Gasteiger partial charge is 0.314 e. The lowest BCUT2D eigenvalue weighted by molar-refractivity contribution is 0.299. The van der Waals surface area contributed by atoms with Crippen molar-refractivity contribution in [3.8, 4) is 0 Å². The summed E-state index contributed by atoms with van der Waals surface area (Å²) in [7, 11) is 0. The van der Waals surface area contributed by atoms with Gasteiger partial charge >= 0.3 is 0 Å². The smallest absolute Gasteiger partial charge is 0.268 e. The topological polar surface area (TPSA) is 34.0 Å². The number of nitrogens with one attached hydrogen (secondary N) is 1. The van der Waals surface area contributed by atoms with Gasteiger partial charge in [0.15, 0.2) is 0 Å². The Hall–Kier alpha value is -1.13. The first-order valence-electron chi connectivity index (χ1n) is 6.56. The van der Waals surface area contributed by atoms with E-state index in [1.54, 1.807) is 11.5 Å². The Labute approximate surface area is 111 Å². The molecule has 1 aromatic carbocycles. The molecule has 18 heavy (non-hydrogen) atoms. The van der Waals surface area contributed by atoms with Crippen molar-refractivity contribution in [3.63, 3.8) is 0 Å². The average molecular weight is 262 g/mol. The maximum absolute atomic E-state index is 12.2. The first-order chi connectivity index (χ1) is 8.74. The number of aromatic nitrogens is 1. The van der Waals surface area contributed by atoms with Crippen molar-refractivity contribution >= 4 is 21.6 Å². The van der Waals surface area contributed by atoms with Crippen LogP contribution in [0, 0.1) is 5.92 Å². The summed E-state index contributed by atoms with van der Waals surface area (Å²) >= 11 is 1.59. The van der Waals surface area contributed by atoms with E-state index in [4.69, 9.17) is 0 Å². The fourth-order valence-corrected chi connectivity index (χ4v) is 3.68. The highest BCUT2D eigenvalue weighted by atomic mass is 32.1. The zero-order valence-electron chi connectivity index (χ0n) is 10.6. The van der Waals surface area contributed by atoms with Crippen LogP contribution in [-0.4, -0.2) is 16.5 Å². The van der Waals surface area contributed by atoms with Crippen molar-refractivity contribution in [2.75, 3.05) is 6.54 Å². The SMILES string of the molecule is CC1CCC(Cn2sc3ccccc3c2=O)CN1. The molecular weight excluding hydrogens is 244 g/mol. The van der Waals surface area contributed by atoms with Crippen LogP contribution in [0.3, 0.4) is 0 Å². The number of hydrogen-bond donors (Lipinski definition) is 1. The van der Waals surface area contributed by atoms with E-state index in [2.05, 4.69) is 12.2 Å². The van der Waals surface area contributed by atoms with Gasteiger partial charge in [0.1, 0.15) is 0 Å². The second kappa shape index (κ2) is 4.86. The van der Waals surface area contributed by atoms with Crippen LogP contribution >= 0.6 is 11.5 Å². The molecule has 1 aliphatic rings. The van der Waals surface area contributed by atoms with Gasteiger partial charge < -0.3 is 5.32 Å². The number of benzene rings is 1. The maximum Gasteiger partial charge on any atom is 0.268 e. The summed E-state index contributed by atoms with van der Waals surface area (Å²) in [4.78, 5) is 12.2. The number of nitrogens with zero attached hydrogens (tertiary/aromatic N) is 1. The van der Waals surface area contributed by atoms with Crippen molar-refractivity contribution in [2.24, 2.45) is 5.92 Å². The Kier molecular flexibility index (Phi) is 3.22. The number of fused-ring (bicyclic) bond motifs is 1. The molecule has 0 aliphatic carbocycles. The van der Waals surface area contributed by atoms with Gasteiger partial charge in [-0.3, -0.25) is 8.75 Å². The monoisotopic (exact) mass is 262 g/mol. The lowest BCUT2D eigenvalue weighted by Crippen LogP contribution is -2.39. The molecule has 0 spiro atoms. The first kappa shape index (κ1) is 11.9. The van der Waals surface area contributed by atoms with E-state index in [9.17, 15) is 4.79 Å². The minimum Gasteiger partial charge on any atom is -0.314 e. The lowest BCUT2D eigenvalue weighted by Gasteiger charge is -2.27. The van der Waals surface area contributed by atoms with Crippen LogP contribution < -0.4 is 10.9 Å². The van der Waals surface area contributed by atoms with Crippen LogP contribution in [0.15, 0.2) is 29.1 Å². The van der Waals surface area contributed by atoms with Crippen molar-refractivity contribution in [1.82, 2.24) is 9.27 Å². The summed E-state index contributed by atoms with van der Waals surface area (Å²) in [5, 5.41) is 4.36. The molecule has 4 heteroatoms. The van der Waals surface area contributed by atoms with Gasteiger partial charge in [0.25, 0.3) is 5.56 Å². The van der Waals surface area contributed by atoms with E-state index in [0.29, 0.717) is 12.0 Å². The summed E-state index contributed by atoms with van der Waals surface area (Å²) in [6, 6.07) is 8.50. The van der Waals surface area contributed by atoms with Crippen molar-refractivity contribution in [1.29, 1.82) is 0 Å². The number of hydrogen-bond acceptors (Lipinski definition) is 3. The van der Waals surface area contributed by atoms with Crippen molar-refractivity contribution in [2.45, 2.75) is 32.4 Å². The molecule has 2 unspecified atom stereocenters. The highest BCUT2D eigenvalue weighted by molar-refractivity contribution is 7.13. The van der Waals surface area contributed by atoms with Crippen LogP contribution in [0.5, 0.6) is 0 Å². The molecule has 3 rings (SSSR count). The lowest BCUT2D eigenvalue weighted by atomic mass is 9.96. The highest BCUT2D eigenvalue weighted by Crippen LogP contribution is 2.20. The molecule has 1 aromatic heterocycles.